The van der Waals surface area contributed by atoms with E-state index in [9.17, 15) is 14.0 Å². The lowest BCUT2D eigenvalue weighted by Crippen LogP contribution is -2.49. The van der Waals surface area contributed by atoms with Crippen molar-refractivity contribution in [1.82, 2.24) is 15.5 Å². The molecule has 3 amide bonds. The van der Waals surface area contributed by atoms with Gasteiger partial charge in [-0.1, -0.05) is 30.2 Å². The zero-order valence-corrected chi connectivity index (χ0v) is 17.3. The summed E-state index contributed by atoms with van der Waals surface area (Å²) >= 11 is 0. The summed E-state index contributed by atoms with van der Waals surface area (Å²) in [6, 6.07) is 13.3. The minimum atomic E-state index is -0.512. The van der Waals surface area contributed by atoms with Gasteiger partial charge >= 0.3 is 6.03 Å². The zero-order valence-electron chi connectivity index (χ0n) is 17.3. The number of carbonyl (C=O) groups excluding carboxylic acids is 2. The maximum absolute atomic E-state index is 13.8. The Morgan fingerprint density at radius 1 is 1.13 bits per heavy atom. The Morgan fingerprint density at radius 3 is 2.52 bits per heavy atom. The van der Waals surface area contributed by atoms with Gasteiger partial charge in [0.1, 0.15) is 18.2 Å². The average Bonchev–Trinajstić information content (AvgIpc) is 2.79. The van der Waals surface area contributed by atoms with Gasteiger partial charge in [-0.2, -0.15) is 0 Å². The van der Waals surface area contributed by atoms with Crippen LogP contribution in [0.5, 0.6) is 5.75 Å². The molecule has 2 aromatic carbocycles. The summed E-state index contributed by atoms with van der Waals surface area (Å²) in [4.78, 5) is 26.3. The van der Waals surface area contributed by atoms with Crippen molar-refractivity contribution in [2.45, 2.75) is 25.3 Å². The largest absolute Gasteiger partial charge is 0.481 e. The maximum Gasteiger partial charge on any atom is 0.315 e. The summed E-state index contributed by atoms with van der Waals surface area (Å²) in [5.41, 5.74) is 1.16. The molecule has 31 heavy (non-hydrogen) atoms. The molecule has 1 heterocycles. The van der Waals surface area contributed by atoms with Gasteiger partial charge < -0.3 is 20.3 Å². The molecular formula is C24H26FN3O3. The van der Waals surface area contributed by atoms with Crippen molar-refractivity contribution in [2.24, 2.45) is 0 Å². The van der Waals surface area contributed by atoms with E-state index in [4.69, 9.17) is 11.2 Å². The van der Waals surface area contributed by atoms with Gasteiger partial charge in [0.2, 0.25) is 0 Å². The van der Waals surface area contributed by atoms with Crippen LogP contribution < -0.4 is 15.4 Å². The quantitative estimate of drug-likeness (QED) is 0.673. The molecule has 0 radical (unpaired) electrons. The number of hydrogen-bond acceptors (Lipinski definition) is 3. The van der Waals surface area contributed by atoms with Crippen LogP contribution in [-0.2, 0) is 6.42 Å². The molecule has 0 aromatic heterocycles. The molecule has 1 aliphatic heterocycles. The van der Waals surface area contributed by atoms with Crippen LogP contribution in [0.3, 0.4) is 0 Å². The molecule has 0 bridgehead atoms. The lowest BCUT2D eigenvalue weighted by atomic mass is 10.0. The van der Waals surface area contributed by atoms with Crippen LogP contribution in [0, 0.1) is 18.2 Å². The van der Waals surface area contributed by atoms with Crippen LogP contribution in [0.2, 0.25) is 0 Å². The minimum absolute atomic E-state index is 0.0164. The van der Waals surface area contributed by atoms with E-state index < -0.39 is 5.82 Å². The molecule has 0 spiro atoms. The number of rotatable bonds is 7. The Labute approximate surface area is 181 Å². The fourth-order valence-corrected chi connectivity index (χ4v) is 3.47. The Kier molecular flexibility index (Phi) is 7.88. The fraction of sp³-hybridized carbons (Fsp3) is 0.333. The Hall–Kier alpha value is -3.53. The van der Waals surface area contributed by atoms with E-state index in [1.807, 2.05) is 24.3 Å². The van der Waals surface area contributed by atoms with Gasteiger partial charge in [0.25, 0.3) is 5.91 Å². The van der Waals surface area contributed by atoms with Crippen molar-refractivity contribution in [3.05, 3.63) is 65.5 Å². The molecule has 0 aliphatic carbocycles. The van der Waals surface area contributed by atoms with Crippen molar-refractivity contribution >= 4 is 11.9 Å². The number of ether oxygens (including phenoxy) is 1. The lowest BCUT2D eigenvalue weighted by Gasteiger charge is -2.32. The third-order valence-electron chi connectivity index (χ3n) is 5.17. The molecule has 0 unspecified atom stereocenters. The van der Waals surface area contributed by atoms with E-state index in [0.717, 1.165) is 5.56 Å². The Bertz CT molecular complexity index is 932. The standard InChI is InChI=1S/C24H26FN3O3/c1-2-17-31-20-9-7-18(8-10-20)11-14-26-24(30)27-19-12-15-28(16-13-19)23(29)21-5-3-4-6-22(21)25/h1,3-10,19H,11-17H2,(H2,26,27,30). The SMILES string of the molecule is C#CCOc1ccc(CCNC(=O)NC2CCN(C(=O)c3ccccc3F)CC2)cc1. The second-order valence-electron chi connectivity index (χ2n) is 7.33. The zero-order chi connectivity index (χ0) is 22.1. The van der Waals surface area contributed by atoms with Gasteiger partial charge in [-0.15, -0.1) is 6.42 Å². The topological polar surface area (TPSA) is 70.7 Å². The number of likely N-dealkylation sites (tertiary alicyclic amines) is 1. The molecular weight excluding hydrogens is 397 g/mol. The number of nitrogens with one attached hydrogen (secondary N) is 2. The minimum Gasteiger partial charge on any atom is -0.481 e. The second-order valence-corrected chi connectivity index (χ2v) is 7.33. The van der Waals surface area contributed by atoms with Gasteiger partial charge in [-0.3, -0.25) is 4.79 Å². The Morgan fingerprint density at radius 2 is 1.84 bits per heavy atom. The number of piperidine rings is 1. The smallest absolute Gasteiger partial charge is 0.315 e. The lowest BCUT2D eigenvalue weighted by molar-refractivity contribution is 0.0703. The highest BCUT2D eigenvalue weighted by Crippen LogP contribution is 2.16. The van der Waals surface area contributed by atoms with E-state index in [0.29, 0.717) is 44.6 Å². The molecule has 7 heteroatoms. The van der Waals surface area contributed by atoms with Gasteiger partial charge in [0.15, 0.2) is 0 Å². The highest BCUT2D eigenvalue weighted by atomic mass is 19.1. The van der Waals surface area contributed by atoms with Gasteiger partial charge in [0.05, 0.1) is 5.56 Å². The number of halogens is 1. The van der Waals surface area contributed by atoms with Crippen LogP contribution in [0.4, 0.5) is 9.18 Å². The van der Waals surface area contributed by atoms with Crippen molar-refractivity contribution in [3.63, 3.8) is 0 Å². The van der Waals surface area contributed by atoms with E-state index in [1.54, 1.807) is 17.0 Å². The van der Waals surface area contributed by atoms with Crippen LogP contribution in [0.25, 0.3) is 0 Å². The molecule has 0 saturated carbocycles. The number of terminal acetylenes is 1. The maximum atomic E-state index is 13.8. The summed E-state index contributed by atoms with van der Waals surface area (Å²) in [5.74, 6) is 2.31. The van der Waals surface area contributed by atoms with Crippen LogP contribution in [-0.4, -0.2) is 49.1 Å². The van der Waals surface area contributed by atoms with Crippen molar-refractivity contribution < 1.29 is 18.7 Å². The summed E-state index contributed by atoms with van der Waals surface area (Å²) < 4.78 is 19.2. The second kappa shape index (κ2) is 11.0. The van der Waals surface area contributed by atoms with E-state index in [1.165, 1.54) is 12.1 Å². The number of carbonyl (C=O) groups is 2. The highest BCUT2D eigenvalue weighted by molar-refractivity contribution is 5.94. The third-order valence-corrected chi connectivity index (χ3v) is 5.17. The predicted octanol–water partition coefficient (Wildman–Crippen LogP) is 2.98. The third kappa shape index (κ3) is 6.48. The van der Waals surface area contributed by atoms with Crippen LogP contribution >= 0.6 is 0 Å². The van der Waals surface area contributed by atoms with Crippen molar-refractivity contribution in [3.8, 4) is 18.1 Å². The van der Waals surface area contributed by atoms with Gasteiger partial charge in [-0.25, -0.2) is 9.18 Å². The number of nitrogens with zero attached hydrogens (tertiary/aromatic N) is 1. The number of amides is 3. The summed E-state index contributed by atoms with van der Waals surface area (Å²) in [7, 11) is 0. The van der Waals surface area contributed by atoms with E-state index in [-0.39, 0.29) is 30.2 Å². The normalized spacial score (nSPS) is 13.9. The summed E-state index contributed by atoms with van der Waals surface area (Å²) in [6.07, 6.45) is 7.12. The van der Waals surface area contributed by atoms with Crippen LogP contribution in [0.15, 0.2) is 48.5 Å². The first-order valence-corrected chi connectivity index (χ1v) is 10.3. The Balaban J connectivity index is 1.36. The van der Waals surface area contributed by atoms with Crippen molar-refractivity contribution in [2.75, 3.05) is 26.2 Å². The van der Waals surface area contributed by atoms with Crippen LogP contribution in [0.1, 0.15) is 28.8 Å². The first kappa shape index (κ1) is 22.2. The molecule has 1 saturated heterocycles. The monoisotopic (exact) mass is 423 g/mol. The first-order chi connectivity index (χ1) is 15.1. The highest BCUT2D eigenvalue weighted by Gasteiger charge is 2.25. The summed E-state index contributed by atoms with van der Waals surface area (Å²) in [5, 5.41) is 5.80. The average molecular weight is 423 g/mol. The number of benzene rings is 2. The molecule has 2 N–H and O–H groups in total. The molecule has 2 aromatic rings. The predicted molar refractivity (Wildman–Crippen MR) is 116 cm³/mol. The van der Waals surface area contributed by atoms with Gasteiger partial charge in [0, 0.05) is 25.7 Å². The number of urea groups is 1. The van der Waals surface area contributed by atoms with E-state index >= 15 is 0 Å². The molecule has 6 nitrogen and oxygen atoms in total. The number of hydrogen-bond donors (Lipinski definition) is 2. The van der Waals surface area contributed by atoms with Gasteiger partial charge in [-0.05, 0) is 49.1 Å². The van der Waals surface area contributed by atoms with E-state index in [2.05, 4.69) is 16.6 Å². The fourth-order valence-electron chi connectivity index (χ4n) is 3.47. The van der Waals surface area contributed by atoms with Crippen molar-refractivity contribution in [1.29, 1.82) is 0 Å². The molecule has 1 aliphatic rings. The molecule has 1 fully saturated rings. The molecule has 162 valence electrons. The molecule has 3 rings (SSSR count). The molecule has 0 atom stereocenters. The summed E-state index contributed by atoms with van der Waals surface area (Å²) in [6.45, 7) is 1.69. The first-order valence-electron chi connectivity index (χ1n) is 10.3.